The van der Waals surface area contributed by atoms with Crippen molar-refractivity contribution in [2.24, 2.45) is 5.41 Å². The number of carbonyl (C=O) groups excluding carboxylic acids is 1. The van der Waals surface area contributed by atoms with Gasteiger partial charge in [-0.25, -0.2) is 0 Å². The fraction of sp³-hybridized carbons (Fsp3) is 0.562. The van der Waals surface area contributed by atoms with Gasteiger partial charge < -0.3 is 5.32 Å². The molecule has 1 heterocycles. The van der Waals surface area contributed by atoms with Gasteiger partial charge in [0, 0.05) is 5.69 Å². The van der Waals surface area contributed by atoms with Crippen molar-refractivity contribution in [3.05, 3.63) is 29.3 Å². The summed E-state index contributed by atoms with van der Waals surface area (Å²) in [4.78, 5) is 12.1. The van der Waals surface area contributed by atoms with Crippen LogP contribution in [-0.2, 0) is 16.6 Å². The summed E-state index contributed by atoms with van der Waals surface area (Å²) in [7, 11) is 0. The van der Waals surface area contributed by atoms with Gasteiger partial charge in [0.25, 0.3) is 0 Å². The monoisotopic (exact) mass is 243 g/mol. The molecule has 1 saturated carbocycles. The molecule has 0 saturated heterocycles. The maximum absolute atomic E-state index is 12.1. The van der Waals surface area contributed by atoms with Crippen molar-refractivity contribution in [1.29, 1.82) is 0 Å². The molecule has 18 heavy (non-hydrogen) atoms. The Bertz CT molecular complexity index is 506. The van der Waals surface area contributed by atoms with Crippen LogP contribution in [0.1, 0.15) is 51.2 Å². The Balaban J connectivity index is 2.00. The minimum atomic E-state index is -0.0799. The molecular weight excluding hydrogens is 222 g/mol. The van der Waals surface area contributed by atoms with Gasteiger partial charge in [0.05, 0.1) is 5.41 Å². The summed E-state index contributed by atoms with van der Waals surface area (Å²) in [5, 5.41) is 3.09. The van der Waals surface area contributed by atoms with E-state index in [1.54, 1.807) is 0 Å². The molecule has 0 unspecified atom stereocenters. The van der Waals surface area contributed by atoms with Crippen LogP contribution in [0.5, 0.6) is 0 Å². The number of rotatable bonds is 0. The molecule has 1 aromatic rings. The molecule has 1 amide bonds. The molecule has 2 nitrogen and oxygen atoms in total. The predicted molar refractivity (Wildman–Crippen MR) is 73.8 cm³/mol. The standard InChI is InChI=1S/C16H21NO/c1-15(2,3)12-5-6-13-11(9-12)10-16(7-4-8-16)14(18)17-13/h5-6,9H,4,7-8,10H2,1-3H3,(H,17,18). The van der Waals surface area contributed by atoms with Gasteiger partial charge in [-0.15, -0.1) is 0 Å². The lowest BCUT2D eigenvalue weighted by Gasteiger charge is -2.44. The van der Waals surface area contributed by atoms with Gasteiger partial charge >= 0.3 is 0 Å². The molecule has 96 valence electrons. The lowest BCUT2D eigenvalue weighted by molar-refractivity contribution is -0.130. The highest BCUT2D eigenvalue weighted by molar-refractivity contribution is 5.99. The van der Waals surface area contributed by atoms with Gasteiger partial charge in [0.2, 0.25) is 5.91 Å². The van der Waals surface area contributed by atoms with Crippen LogP contribution in [0.2, 0.25) is 0 Å². The van der Waals surface area contributed by atoms with E-state index in [2.05, 4.69) is 44.3 Å². The van der Waals surface area contributed by atoms with Crippen molar-refractivity contribution in [2.45, 2.75) is 51.9 Å². The molecule has 0 bridgehead atoms. The Hall–Kier alpha value is -1.31. The van der Waals surface area contributed by atoms with E-state index in [4.69, 9.17) is 0 Å². The first-order valence-electron chi connectivity index (χ1n) is 6.86. The lowest BCUT2D eigenvalue weighted by atomic mass is 9.63. The van der Waals surface area contributed by atoms with Crippen LogP contribution in [0.15, 0.2) is 18.2 Å². The molecule has 0 atom stereocenters. The number of fused-ring (bicyclic) bond motifs is 1. The van der Waals surface area contributed by atoms with Crippen molar-refractivity contribution in [1.82, 2.24) is 0 Å². The SMILES string of the molecule is CC(C)(C)c1ccc2c(c1)CC1(CCC1)C(=O)N2. The van der Waals surface area contributed by atoms with E-state index < -0.39 is 0 Å². The van der Waals surface area contributed by atoms with Crippen molar-refractivity contribution in [2.75, 3.05) is 5.32 Å². The quantitative estimate of drug-likeness (QED) is 0.740. The molecule has 1 aliphatic heterocycles. The van der Waals surface area contributed by atoms with E-state index in [-0.39, 0.29) is 16.7 Å². The minimum absolute atomic E-state index is 0.0799. The molecule has 1 N–H and O–H groups in total. The molecule has 0 aromatic heterocycles. The summed E-state index contributed by atoms with van der Waals surface area (Å²) in [6, 6.07) is 6.49. The maximum atomic E-state index is 12.1. The van der Waals surface area contributed by atoms with Gasteiger partial charge in [0.1, 0.15) is 0 Å². The fourth-order valence-electron chi connectivity index (χ4n) is 3.04. The van der Waals surface area contributed by atoms with E-state index >= 15 is 0 Å². The van der Waals surface area contributed by atoms with Crippen LogP contribution in [0.3, 0.4) is 0 Å². The van der Waals surface area contributed by atoms with Crippen molar-refractivity contribution in [3.63, 3.8) is 0 Å². The van der Waals surface area contributed by atoms with Gasteiger partial charge in [-0.2, -0.15) is 0 Å². The summed E-state index contributed by atoms with van der Waals surface area (Å²) in [6.45, 7) is 6.69. The lowest BCUT2D eigenvalue weighted by Crippen LogP contribution is -2.46. The van der Waals surface area contributed by atoms with E-state index in [1.165, 1.54) is 17.5 Å². The van der Waals surface area contributed by atoms with Gasteiger partial charge in [-0.1, -0.05) is 39.3 Å². The van der Waals surface area contributed by atoms with Crippen LogP contribution in [0, 0.1) is 5.41 Å². The third kappa shape index (κ3) is 1.66. The topological polar surface area (TPSA) is 29.1 Å². The number of hydrogen-bond donors (Lipinski definition) is 1. The van der Waals surface area contributed by atoms with E-state index in [0.717, 1.165) is 24.9 Å². The van der Waals surface area contributed by atoms with Crippen molar-refractivity contribution >= 4 is 11.6 Å². The van der Waals surface area contributed by atoms with Crippen molar-refractivity contribution in [3.8, 4) is 0 Å². The highest BCUT2D eigenvalue weighted by Crippen LogP contribution is 2.48. The smallest absolute Gasteiger partial charge is 0.230 e. The average molecular weight is 243 g/mol. The zero-order chi connectivity index (χ0) is 13.0. The fourth-order valence-corrected chi connectivity index (χ4v) is 3.04. The summed E-state index contributed by atoms with van der Waals surface area (Å²) in [6.07, 6.45) is 4.23. The van der Waals surface area contributed by atoms with Crippen LogP contribution in [-0.4, -0.2) is 5.91 Å². The third-order valence-corrected chi connectivity index (χ3v) is 4.54. The molecule has 1 aliphatic carbocycles. The molecular formula is C16H21NO. The molecule has 3 rings (SSSR count). The highest BCUT2D eigenvalue weighted by atomic mass is 16.2. The number of amides is 1. The summed E-state index contributed by atoms with van der Waals surface area (Å²) >= 11 is 0. The van der Waals surface area contributed by atoms with E-state index in [9.17, 15) is 4.79 Å². The predicted octanol–water partition coefficient (Wildman–Crippen LogP) is 3.65. The van der Waals surface area contributed by atoms with Crippen LogP contribution < -0.4 is 5.32 Å². The summed E-state index contributed by atoms with van der Waals surface area (Å²) < 4.78 is 0. The van der Waals surface area contributed by atoms with Crippen LogP contribution in [0.25, 0.3) is 0 Å². The normalized spacial score (nSPS) is 21.2. The molecule has 1 fully saturated rings. The molecule has 1 aromatic carbocycles. The molecule has 1 spiro atoms. The first-order valence-corrected chi connectivity index (χ1v) is 6.86. The molecule has 0 radical (unpaired) electrons. The first kappa shape index (κ1) is 11.8. The second kappa shape index (κ2) is 3.59. The van der Waals surface area contributed by atoms with Crippen LogP contribution >= 0.6 is 0 Å². The van der Waals surface area contributed by atoms with Gasteiger partial charge in [-0.05, 0) is 41.9 Å². The van der Waals surface area contributed by atoms with E-state index in [0.29, 0.717) is 0 Å². The molecule has 2 heteroatoms. The minimum Gasteiger partial charge on any atom is -0.325 e. The highest BCUT2D eigenvalue weighted by Gasteiger charge is 2.46. The van der Waals surface area contributed by atoms with Gasteiger partial charge in [0.15, 0.2) is 0 Å². The number of carbonyl (C=O) groups is 1. The number of benzene rings is 1. The summed E-state index contributed by atoms with van der Waals surface area (Å²) in [5.74, 6) is 0.241. The Morgan fingerprint density at radius 2 is 1.94 bits per heavy atom. The second-order valence-corrected chi connectivity index (χ2v) is 6.89. The third-order valence-electron chi connectivity index (χ3n) is 4.54. The number of anilines is 1. The number of hydrogen-bond acceptors (Lipinski definition) is 1. The maximum Gasteiger partial charge on any atom is 0.230 e. The number of nitrogens with one attached hydrogen (secondary N) is 1. The Morgan fingerprint density at radius 3 is 2.50 bits per heavy atom. The Morgan fingerprint density at radius 1 is 1.22 bits per heavy atom. The largest absolute Gasteiger partial charge is 0.325 e. The molecule has 2 aliphatic rings. The average Bonchev–Trinajstić information content (AvgIpc) is 2.24. The Kier molecular flexibility index (Phi) is 2.35. The zero-order valence-electron chi connectivity index (χ0n) is 11.5. The Labute approximate surface area is 109 Å². The van der Waals surface area contributed by atoms with E-state index in [1.807, 2.05) is 0 Å². The first-order chi connectivity index (χ1) is 8.41. The summed E-state index contributed by atoms with van der Waals surface area (Å²) in [5.41, 5.74) is 3.78. The van der Waals surface area contributed by atoms with Crippen LogP contribution in [0.4, 0.5) is 5.69 Å². The zero-order valence-corrected chi connectivity index (χ0v) is 11.5. The van der Waals surface area contributed by atoms with Crippen molar-refractivity contribution < 1.29 is 4.79 Å². The van der Waals surface area contributed by atoms with Gasteiger partial charge in [-0.3, -0.25) is 4.79 Å². The second-order valence-electron chi connectivity index (χ2n) is 6.89.